The van der Waals surface area contributed by atoms with Crippen LogP contribution in [0.4, 0.5) is 11.4 Å². The molecule has 1 saturated heterocycles. The summed E-state index contributed by atoms with van der Waals surface area (Å²) < 4.78 is 0. The number of rotatable bonds is 4. The molecule has 0 atom stereocenters. The molecular weight excluding hydrogens is 336 g/mol. The molecule has 1 saturated carbocycles. The fraction of sp³-hybridized carbons (Fsp3) is 0.556. The van der Waals surface area contributed by atoms with E-state index in [4.69, 9.17) is 0 Å². The summed E-state index contributed by atoms with van der Waals surface area (Å²) in [6, 6.07) is 4.29. The van der Waals surface area contributed by atoms with Crippen molar-refractivity contribution in [1.82, 2.24) is 10.9 Å². The number of nitrogens with one attached hydrogen (secondary N) is 2. The number of non-ortho nitro benzene ring substituents is 1. The van der Waals surface area contributed by atoms with Crippen molar-refractivity contribution in [3.8, 4) is 0 Å². The average molecular weight is 360 g/mol. The van der Waals surface area contributed by atoms with Crippen LogP contribution in [0.3, 0.4) is 0 Å². The number of amides is 2. The van der Waals surface area contributed by atoms with Gasteiger partial charge in [0, 0.05) is 31.1 Å². The first kappa shape index (κ1) is 18.2. The first-order chi connectivity index (χ1) is 12.6. The second kappa shape index (κ2) is 8.16. The zero-order valence-electron chi connectivity index (χ0n) is 14.7. The molecule has 140 valence electrons. The van der Waals surface area contributed by atoms with Crippen LogP contribution in [0.5, 0.6) is 0 Å². The van der Waals surface area contributed by atoms with Gasteiger partial charge in [0.25, 0.3) is 11.6 Å². The zero-order chi connectivity index (χ0) is 18.5. The minimum Gasteiger partial charge on any atom is -0.371 e. The quantitative estimate of drug-likeness (QED) is 0.634. The Morgan fingerprint density at radius 1 is 1.04 bits per heavy atom. The Balaban J connectivity index is 1.72. The van der Waals surface area contributed by atoms with E-state index >= 15 is 0 Å². The van der Waals surface area contributed by atoms with Gasteiger partial charge in [0.2, 0.25) is 5.91 Å². The van der Waals surface area contributed by atoms with Crippen LogP contribution in [0.2, 0.25) is 0 Å². The molecule has 0 spiro atoms. The summed E-state index contributed by atoms with van der Waals surface area (Å²) in [5.41, 5.74) is 5.66. The molecule has 1 aliphatic carbocycles. The number of anilines is 1. The van der Waals surface area contributed by atoms with Gasteiger partial charge >= 0.3 is 0 Å². The molecule has 0 radical (unpaired) electrons. The van der Waals surface area contributed by atoms with Crippen molar-refractivity contribution in [2.45, 2.75) is 44.9 Å². The number of nitro benzene ring substituents is 1. The predicted molar refractivity (Wildman–Crippen MR) is 96.7 cm³/mol. The van der Waals surface area contributed by atoms with Crippen LogP contribution in [-0.4, -0.2) is 29.8 Å². The lowest BCUT2D eigenvalue weighted by molar-refractivity contribution is -0.384. The normalized spacial score (nSPS) is 17.8. The van der Waals surface area contributed by atoms with Crippen LogP contribution in [0.15, 0.2) is 18.2 Å². The number of hydrazine groups is 1. The predicted octanol–water partition coefficient (Wildman–Crippen LogP) is 2.54. The van der Waals surface area contributed by atoms with Crippen LogP contribution in [-0.2, 0) is 4.79 Å². The lowest BCUT2D eigenvalue weighted by Crippen LogP contribution is -2.45. The Kier molecular flexibility index (Phi) is 5.70. The highest BCUT2D eigenvalue weighted by molar-refractivity contribution is 6.01. The summed E-state index contributed by atoms with van der Waals surface area (Å²) in [5.74, 6) is -0.793. The van der Waals surface area contributed by atoms with Gasteiger partial charge in [0.05, 0.1) is 16.2 Å². The fourth-order valence-electron chi connectivity index (χ4n) is 3.71. The van der Waals surface area contributed by atoms with E-state index in [-0.39, 0.29) is 23.1 Å². The van der Waals surface area contributed by atoms with Crippen LogP contribution < -0.4 is 15.8 Å². The molecule has 2 N–H and O–H groups in total. The maximum absolute atomic E-state index is 12.6. The van der Waals surface area contributed by atoms with Gasteiger partial charge in [-0.3, -0.25) is 30.6 Å². The topological polar surface area (TPSA) is 105 Å². The van der Waals surface area contributed by atoms with Crippen molar-refractivity contribution in [3.63, 3.8) is 0 Å². The van der Waals surface area contributed by atoms with E-state index in [1.54, 1.807) is 6.07 Å². The highest BCUT2D eigenvalue weighted by Gasteiger charge is 2.24. The van der Waals surface area contributed by atoms with Crippen LogP contribution in [0.1, 0.15) is 55.3 Å². The smallest absolute Gasteiger partial charge is 0.272 e. The Labute approximate surface area is 152 Å². The number of hydrogen-bond donors (Lipinski definition) is 2. The van der Waals surface area contributed by atoms with Gasteiger partial charge in [-0.05, 0) is 31.7 Å². The lowest BCUT2D eigenvalue weighted by Gasteiger charge is -2.22. The van der Waals surface area contributed by atoms with Crippen molar-refractivity contribution in [2.75, 3.05) is 18.0 Å². The molecule has 0 bridgehead atoms. The molecule has 8 nitrogen and oxygen atoms in total. The van der Waals surface area contributed by atoms with E-state index in [0.717, 1.165) is 58.0 Å². The highest BCUT2D eigenvalue weighted by atomic mass is 16.6. The molecule has 0 unspecified atom stereocenters. The Bertz CT molecular complexity index is 694. The van der Waals surface area contributed by atoms with Gasteiger partial charge in [-0.2, -0.15) is 0 Å². The molecule has 1 aromatic rings. The third kappa shape index (κ3) is 4.12. The molecule has 1 heterocycles. The number of benzene rings is 1. The zero-order valence-corrected chi connectivity index (χ0v) is 14.7. The van der Waals surface area contributed by atoms with Gasteiger partial charge in [-0.25, -0.2) is 0 Å². The van der Waals surface area contributed by atoms with Crippen molar-refractivity contribution in [1.29, 1.82) is 0 Å². The lowest BCUT2D eigenvalue weighted by atomic mass is 9.89. The van der Waals surface area contributed by atoms with E-state index in [1.807, 2.05) is 4.90 Å². The maximum atomic E-state index is 12.6. The van der Waals surface area contributed by atoms with E-state index < -0.39 is 10.8 Å². The van der Waals surface area contributed by atoms with Gasteiger partial charge in [-0.15, -0.1) is 0 Å². The number of carbonyl (C=O) groups is 2. The van der Waals surface area contributed by atoms with Gasteiger partial charge in [0.15, 0.2) is 0 Å². The molecule has 8 heteroatoms. The number of carbonyl (C=O) groups excluding carboxylic acids is 2. The summed E-state index contributed by atoms with van der Waals surface area (Å²) >= 11 is 0. The molecule has 2 amide bonds. The van der Waals surface area contributed by atoms with E-state index in [2.05, 4.69) is 10.9 Å². The molecule has 1 aliphatic heterocycles. The summed E-state index contributed by atoms with van der Waals surface area (Å²) in [6.45, 7) is 1.62. The Morgan fingerprint density at radius 3 is 2.38 bits per heavy atom. The van der Waals surface area contributed by atoms with Crippen molar-refractivity contribution in [3.05, 3.63) is 33.9 Å². The van der Waals surface area contributed by atoms with Crippen LogP contribution >= 0.6 is 0 Å². The molecule has 3 rings (SSSR count). The van der Waals surface area contributed by atoms with Crippen molar-refractivity contribution >= 4 is 23.2 Å². The molecule has 2 fully saturated rings. The second-order valence-corrected chi connectivity index (χ2v) is 6.93. The van der Waals surface area contributed by atoms with Crippen LogP contribution in [0.25, 0.3) is 0 Å². The number of nitrogens with zero attached hydrogens (tertiary/aromatic N) is 2. The minimum atomic E-state index is -0.528. The number of nitro groups is 1. The molecular formula is C18H24N4O4. The van der Waals surface area contributed by atoms with E-state index in [9.17, 15) is 19.7 Å². The second-order valence-electron chi connectivity index (χ2n) is 6.93. The standard InChI is InChI=1S/C18H24N4O4/c23-17(13-6-2-1-3-7-13)19-20-18(24)15-12-14(22(25)26)8-9-16(15)21-10-4-5-11-21/h8-9,12-13H,1-7,10-11H2,(H,19,23)(H,20,24). The summed E-state index contributed by atoms with van der Waals surface area (Å²) in [4.78, 5) is 37.4. The SMILES string of the molecule is O=C(NNC(=O)C1CCCCC1)c1cc([N+](=O)[O-])ccc1N1CCCC1. The first-order valence-corrected chi connectivity index (χ1v) is 9.20. The monoisotopic (exact) mass is 360 g/mol. The summed E-state index contributed by atoms with van der Waals surface area (Å²) in [6.07, 6.45) is 6.90. The third-order valence-corrected chi connectivity index (χ3v) is 5.16. The third-order valence-electron chi connectivity index (χ3n) is 5.16. The molecule has 1 aromatic carbocycles. The Hall–Kier alpha value is -2.64. The van der Waals surface area contributed by atoms with Gasteiger partial charge < -0.3 is 4.90 Å². The fourth-order valence-corrected chi connectivity index (χ4v) is 3.71. The summed E-state index contributed by atoms with van der Waals surface area (Å²) in [7, 11) is 0. The van der Waals surface area contributed by atoms with Gasteiger partial charge in [0.1, 0.15) is 0 Å². The molecule has 0 aromatic heterocycles. The van der Waals surface area contributed by atoms with Crippen molar-refractivity contribution in [2.24, 2.45) is 5.92 Å². The molecule has 26 heavy (non-hydrogen) atoms. The van der Waals surface area contributed by atoms with Crippen LogP contribution in [0, 0.1) is 16.0 Å². The number of hydrogen-bond acceptors (Lipinski definition) is 5. The maximum Gasteiger partial charge on any atom is 0.272 e. The molecule has 2 aliphatic rings. The van der Waals surface area contributed by atoms with Crippen molar-refractivity contribution < 1.29 is 14.5 Å². The summed E-state index contributed by atoms with van der Waals surface area (Å²) in [5, 5.41) is 11.1. The van der Waals surface area contributed by atoms with E-state index in [0.29, 0.717) is 5.69 Å². The highest BCUT2D eigenvalue weighted by Crippen LogP contribution is 2.28. The van der Waals surface area contributed by atoms with Gasteiger partial charge in [-0.1, -0.05) is 19.3 Å². The van der Waals surface area contributed by atoms with E-state index in [1.165, 1.54) is 12.1 Å². The average Bonchev–Trinajstić information content (AvgIpc) is 3.20. The minimum absolute atomic E-state index is 0.0767. The largest absolute Gasteiger partial charge is 0.371 e. The Morgan fingerprint density at radius 2 is 1.73 bits per heavy atom. The first-order valence-electron chi connectivity index (χ1n) is 9.20.